The molecule has 4 nitrogen and oxygen atoms in total. The average Bonchev–Trinajstić information content (AvgIpc) is 2.46. The molecule has 0 radical (unpaired) electrons. The summed E-state index contributed by atoms with van der Waals surface area (Å²) in [4.78, 5) is 14.0. The molecule has 0 atom stereocenters. The van der Waals surface area contributed by atoms with Gasteiger partial charge in [0.15, 0.2) is 5.78 Å². The summed E-state index contributed by atoms with van der Waals surface area (Å²) >= 11 is 0. The van der Waals surface area contributed by atoms with Gasteiger partial charge in [0.05, 0.1) is 5.60 Å². The normalized spacial score (nSPS) is 18.1. The van der Waals surface area contributed by atoms with Crippen LogP contribution in [0, 0.1) is 0 Å². The minimum atomic E-state index is -0.664. The molecule has 0 aromatic heterocycles. The molecule has 0 aliphatic carbocycles. The molecule has 1 aromatic rings. The Labute approximate surface area is 120 Å². The molecule has 0 spiro atoms. The molecule has 1 fully saturated rings. The van der Waals surface area contributed by atoms with Crippen molar-refractivity contribution < 1.29 is 14.6 Å². The third-order valence-electron chi connectivity index (χ3n) is 3.80. The number of nitrogens with zero attached hydrogens (tertiary/aromatic N) is 1. The van der Waals surface area contributed by atoms with Crippen molar-refractivity contribution in [2.45, 2.75) is 24.9 Å². The van der Waals surface area contributed by atoms with Gasteiger partial charge in [-0.1, -0.05) is 30.3 Å². The second-order valence-electron chi connectivity index (χ2n) is 5.61. The molecule has 1 heterocycles. The summed E-state index contributed by atoms with van der Waals surface area (Å²) < 4.78 is 5.27. The summed E-state index contributed by atoms with van der Waals surface area (Å²) in [5.74, 6) is 0.149. The van der Waals surface area contributed by atoms with Crippen molar-refractivity contribution in [2.75, 3.05) is 33.4 Å². The van der Waals surface area contributed by atoms with Gasteiger partial charge in [-0.2, -0.15) is 0 Å². The highest BCUT2D eigenvalue weighted by molar-refractivity contribution is 5.96. The smallest absolute Gasteiger partial charge is 0.164 e. The number of Topliss-reactive ketones (excluding diaryl/α,β-unsaturated/α-hetero) is 1. The summed E-state index contributed by atoms with van der Waals surface area (Å²) in [5.41, 5.74) is 0.0914. The molecule has 1 aliphatic rings. The summed E-state index contributed by atoms with van der Waals surface area (Å²) in [6.07, 6.45) is 1.82. The lowest BCUT2D eigenvalue weighted by Gasteiger charge is -2.35. The van der Waals surface area contributed by atoms with E-state index in [2.05, 4.69) is 0 Å². The van der Waals surface area contributed by atoms with E-state index >= 15 is 0 Å². The highest BCUT2D eigenvalue weighted by Crippen LogP contribution is 2.21. The Morgan fingerprint density at radius 3 is 2.60 bits per heavy atom. The zero-order valence-electron chi connectivity index (χ0n) is 12.0. The van der Waals surface area contributed by atoms with Gasteiger partial charge in [-0.3, -0.25) is 4.79 Å². The molecule has 1 N–H and O–H groups in total. The predicted octanol–water partition coefficient (Wildman–Crippen LogP) is 1.73. The van der Waals surface area contributed by atoms with Crippen LogP contribution in [0.4, 0.5) is 0 Å². The van der Waals surface area contributed by atoms with Crippen molar-refractivity contribution in [1.82, 2.24) is 4.90 Å². The molecule has 1 aliphatic heterocycles. The van der Waals surface area contributed by atoms with E-state index in [9.17, 15) is 9.90 Å². The number of rotatable bonds is 6. The third-order valence-corrected chi connectivity index (χ3v) is 3.80. The van der Waals surface area contributed by atoms with Crippen LogP contribution in [-0.2, 0) is 4.74 Å². The van der Waals surface area contributed by atoms with Crippen LogP contribution in [0.25, 0.3) is 0 Å². The highest BCUT2D eigenvalue weighted by Gasteiger charge is 2.30. The van der Waals surface area contributed by atoms with Gasteiger partial charge < -0.3 is 14.7 Å². The van der Waals surface area contributed by atoms with E-state index in [0.29, 0.717) is 45.6 Å². The number of likely N-dealkylation sites (N-methyl/N-ethyl adjacent to an activating group) is 1. The van der Waals surface area contributed by atoms with Crippen LogP contribution < -0.4 is 0 Å². The molecular weight excluding hydrogens is 254 g/mol. The Bertz CT molecular complexity index is 427. The zero-order valence-corrected chi connectivity index (χ0v) is 12.0. The van der Waals surface area contributed by atoms with Gasteiger partial charge >= 0.3 is 0 Å². The first kappa shape index (κ1) is 15.2. The van der Waals surface area contributed by atoms with Gasteiger partial charge in [-0.15, -0.1) is 0 Å². The van der Waals surface area contributed by atoms with Gasteiger partial charge in [0.1, 0.15) is 0 Å². The van der Waals surface area contributed by atoms with Gasteiger partial charge in [-0.05, 0) is 7.05 Å². The Hall–Kier alpha value is -1.23. The van der Waals surface area contributed by atoms with E-state index < -0.39 is 5.60 Å². The predicted molar refractivity (Wildman–Crippen MR) is 77.9 cm³/mol. The van der Waals surface area contributed by atoms with Crippen LogP contribution in [0.15, 0.2) is 30.3 Å². The molecule has 110 valence electrons. The maximum atomic E-state index is 12.0. The maximum absolute atomic E-state index is 12.0. The first-order chi connectivity index (χ1) is 9.59. The van der Waals surface area contributed by atoms with Crippen LogP contribution in [0.2, 0.25) is 0 Å². The summed E-state index contributed by atoms with van der Waals surface area (Å²) in [6.45, 7) is 2.50. The summed E-state index contributed by atoms with van der Waals surface area (Å²) in [5, 5.41) is 10.4. The van der Waals surface area contributed by atoms with Crippen LogP contribution in [0.1, 0.15) is 29.6 Å². The van der Waals surface area contributed by atoms with Crippen molar-refractivity contribution in [3.05, 3.63) is 35.9 Å². The standard InChI is InChI=1S/C16H23NO3/c1-17(13-16(19)8-11-20-12-9-16)10-7-15(18)14-5-3-2-4-6-14/h2-6,19H,7-13H2,1H3. The third kappa shape index (κ3) is 4.40. The van der Waals surface area contributed by atoms with Crippen molar-refractivity contribution in [1.29, 1.82) is 0 Å². The largest absolute Gasteiger partial charge is 0.388 e. The van der Waals surface area contributed by atoms with Crippen LogP contribution in [0.3, 0.4) is 0 Å². The van der Waals surface area contributed by atoms with Crippen molar-refractivity contribution in [3.8, 4) is 0 Å². The Morgan fingerprint density at radius 1 is 1.30 bits per heavy atom. The number of ketones is 1. The van der Waals surface area contributed by atoms with E-state index in [0.717, 1.165) is 5.56 Å². The first-order valence-electron chi connectivity index (χ1n) is 7.16. The Kier molecular flexibility index (Phi) is 5.29. The topological polar surface area (TPSA) is 49.8 Å². The maximum Gasteiger partial charge on any atom is 0.164 e. The number of hydrogen-bond acceptors (Lipinski definition) is 4. The number of hydrogen-bond donors (Lipinski definition) is 1. The second-order valence-corrected chi connectivity index (χ2v) is 5.61. The minimum Gasteiger partial charge on any atom is -0.388 e. The number of benzene rings is 1. The monoisotopic (exact) mass is 277 g/mol. The van der Waals surface area contributed by atoms with Crippen molar-refractivity contribution in [3.63, 3.8) is 0 Å². The van der Waals surface area contributed by atoms with Gasteiger partial charge in [-0.25, -0.2) is 0 Å². The number of ether oxygens (including phenoxy) is 1. The SMILES string of the molecule is CN(CCC(=O)c1ccccc1)CC1(O)CCOCC1. The molecule has 2 rings (SSSR count). The minimum absolute atomic E-state index is 0.149. The fraction of sp³-hybridized carbons (Fsp3) is 0.562. The fourth-order valence-corrected chi connectivity index (χ4v) is 2.55. The molecule has 0 amide bonds. The number of carbonyl (C=O) groups is 1. The molecule has 4 heteroatoms. The van der Waals surface area contributed by atoms with Gasteiger partial charge in [0.25, 0.3) is 0 Å². The fourth-order valence-electron chi connectivity index (χ4n) is 2.55. The van der Waals surface area contributed by atoms with E-state index in [-0.39, 0.29) is 5.78 Å². The summed E-state index contributed by atoms with van der Waals surface area (Å²) in [6, 6.07) is 9.34. The quantitative estimate of drug-likeness (QED) is 0.805. The molecule has 0 unspecified atom stereocenters. The van der Waals surface area contributed by atoms with Crippen molar-refractivity contribution >= 4 is 5.78 Å². The molecule has 1 aromatic carbocycles. The lowest BCUT2D eigenvalue weighted by atomic mass is 9.94. The number of carbonyl (C=O) groups excluding carboxylic acids is 1. The zero-order chi connectivity index (χ0) is 14.4. The molecular formula is C16H23NO3. The average molecular weight is 277 g/mol. The molecule has 1 saturated heterocycles. The van der Waals surface area contributed by atoms with Crippen LogP contribution >= 0.6 is 0 Å². The highest BCUT2D eigenvalue weighted by atomic mass is 16.5. The van der Waals surface area contributed by atoms with E-state index in [4.69, 9.17) is 4.74 Å². The van der Waals surface area contributed by atoms with E-state index in [1.165, 1.54) is 0 Å². The molecule has 0 saturated carbocycles. The van der Waals surface area contributed by atoms with Gasteiger partial charge in [0.2, 0.25) is 0 Å². The van der Waals surface area contributed by atoms with Crippen LogP contribution in [-0.4, -0.2) is 54.7 Å². The lowest BCUT2D eigenvalue weighted by Crippen LogP contribution is -2.46. The van der Waals surface area contributed by atoms with Crippen molar-refractivity contribution in [2.24, 2.45) is 0 Å². The molecule has 0 bridgehead atoms. The second kappa shape index (κ2) is 6.97. The first-order valence-corrected chi connectivity index (χ1v) is 7.16. The number of aliphatic hydroxyl groups is 1. The Balaban J connectivity index is 1.77. The van der Waals surface area contributed by atoms with E-state index in [1.54, 1.807) is 0 Å². The van der Waals surface area contributed by atoms with Gasteiger partial charge in [0, 0.05) is 51.1 Å². The van der Waals surface area contributed by atoms with Crippen LogP contribution in [0.5, 0.6) is 0 Å². The summed E-state index contributed by atoms with van der Waals surface area (Å²) in [7, 11) is 1.95. The molecule has 20 heavy (non-hydrogen) atoms. The lowest BCUT2D eigenvalue weighted by molar-refractivity contribution is -0.0767. The van der Waals surface area contributed by atoms with E-state index in [1.807, 2.05) is 42.3 Å². The Morgan fingerprint density at radius 2 is 1.95 bits per heavy atom.